The molecule has 0 unspecified atom stereocenters. The number of nitrogens with zero attached hydrogens (tertiary/aromatic N) is 2. The van der Waals surface area contributed by atoms with Gasteiger partial charge >= 0.3 is 0 Å². The maximum absolute atomic E-state index is 5.85. The molecule has 0 aliphatic carbocycles. The van der Waals surface area contributed by atoms with Crippen molar-refractivity contribution in [1.82, 2.24) is 15.1 Å². The molecule has 0 fully saturated rings. The second kappa shape index (κ2) is 7.61. The van der Waals surface area contributed by atoms with Gasteiger partial charge in [0.05, 0.1) is 12.4 Å². The number of hydrogen-bond donors (Lipinski definition) is 1. The molecule has 116 valence electrons. The first-order valence-electron chi connectivity index (χ1n) is 7.56. The molecule has 0 aliphatic heterocycles. The summed E-state index contributed by atoms with van der Waals surface area (Å²) < 4.78 is 7.76. The number of thiophene rings is 1. The molecular formula is C16H25N3OS. The van der Waals surface area contributed by atoms with E-state index in [2.05, 4.69) is 44.2 Å². The smallest absolute Gasteiger partial charge is 0.157 e. The quantitative estimate of drug-likeness (QED) is 0.751. The summed E-state index contributed by atoms with van der Waals surface area (Å²) in [6.07, 6.45) is 4.90. The standard InChI is InChI=1S/C16H25N3OS/c1-5-6-17-9-16-7-14(13(4)21-16)11-20-15-8-18-19(10-15)12(2)3/h7-8,10,12,17H,5-6,9,11H2,1-4H3. The van der Waals surface area contributed by atoms with Crippen molar-refractivity contribution < 1.29 is 4.74 Å². The maximum atomic E-state index is 5.85. The van der Waals surface area contributed by atoms with Crippen molar-refractivity contribution in [3.63, 3.8) is 0 Å². The lowest BCUT2D eigenvalue weighted by molar-refractivity contribution is 0.305. The molecule has 0 bridgehead atoms. The van der Waals surface area contributed by atoms with Crippen LogP contribution in [0.5, 0.6) is 5.75 Å². The Morgan fingerprint density at radius 1 is 1.43 bits per heavy atom. The highest BCUT2D eigenvalue weighted by Crippen LogP contribution is 2.23. The van der Waals surface area contributed by atoms with Crippen LogP contribution in [-0.2, 0) is 13.2 Å². The molecule has 2 aromatic rings. The molecular weight excluding hydrogens is 282 g/mol. The van der Waals surface area contributed by atoms with E-state index in [0.717, 1.165) is 18.8 Å². The molecule has 0 atom stereocenters. The van der Waals surface area contributed by atoms with Crippen LogP contribution in [0.4, 0.5) is 0 Å². The predicted octanol–water partition coefficient (Wildman–Crippen LogP) is 3.91. The average Bonchev–Trinajstić information content (AvgIpc) is 3.04. The second-order valence-corrected chi connectivity index (χ2v) is 6.85. The van der Waals surface area contributed by atoms with E-state index < -0.39 is 0 Å². The highest BCUT2D eigenvalue weighted by atomic mass is 32.1. The molecule has 1 N–H and O–H groups in total. The van der Waals surface area contributed by atoms with Crippen molar-refractivity contribution >= 4 is 11.3 Å². The second-order valence-electron chi connectivity index (χ2n) is 5.51. The third-order valence-electron chi connectivity index (χ3n) is 3.30. The number of rotatable bonds is 8. The normalized spacial score (nSPS) is 11.3. The van der Waals surface area contributed by atoms with E-state index in [0.29, 0.717) is 12.6 Å². The Hall–Kier alpha value is -1.33. The minimum absolute atomic E-state index is 0.362. The first-order chi connectivity index (χ1) is 10.1. The largest absolute Gasteiger partial charge is 0.486 e. The van der Waals surface area contributed by atoms with Crippen LogP contribution in [0.15, 0.2) is 18.5 Å². The van der Waals surface area contributed by atoms with E-state index in [4.69, 9.17) is 4.74 Å². The van der Waals surface area contributed by atoms with Crippen LogP contribution < -0.4 is 10.1 Å². The number of nitrogens with one attached hydrogen (secondary N) is 1. The molecule has 5 heteroatoms. The summed E-state index contributed by atoms with van der Waals surface area (Å²) in [4.78, 5) is 2.71. The first kappa shape index (κ1) is 16.0. The van der Waals surface area contributed by atoms with E-state index in [1.807, 2.05) is 22.2 Å². The van der Waals surface area contributed by atoms with Gasteiger partial charge in [0, 0.05) is 27.9 Å². The fourth-order valence-corrected chi connectivity index (χ4v) is 3.06. The zero-order valence-electron chi connectivity index (χ0n) is 13.3. The molecule has 2 aromatic heterocycles. The van der Waals surface area contributed by atoms with Gasteiger partial charge in [0.15, 0.2) is 5.75 Å². The van der Waals surface area contributed by atoms with Crippen molar-refractivity contribution in [3.8, 4) is 5.75 Å². The predicted molar refractivity (Wildman–Crippen MR) is 88.0 cm³/mol. The first-order valence-corrected chi connectivity index (χ1v) is 8.37. The van der Waals surface area contributed by atoms with Gasteiger partial charge in [-0.15, -0.1) is 11.3 Å². The van der Waals surface area contributed by atoms with Crippen LogP contribution in [0.2, 0.25) is 0 Å². The zero-order valence-corrected chi connectivity index (χ0v) is 14.2. The van der Waals surface area contributed by atoms with Gasteiger partial charge in [0.1, 0.15) is 6.61 Å². The van der Waals surface area contributed by atoms with Crippen molar-refractivity contribution in [2.75, 3.05) is 6.54 Å². The van der Waals surface area contributed by atoms with Crippen LogP contribution in [0.25, 0.3) is 0 Å². The molecule has 0 amide bonds. The summed E-state index contributed by atoms with van der Waals surface area (Å²) in [6.45, 7) is 11.2. The van der Waals surface area contributed by atoms with Gasteiger partial charge in [-0.25, -0.2) is 0 Å². The molecule has 0 aromatic carbocycles. The fourth-order valence-electron chi connectivity index (χ4n) is 2.05. The summed E-state index contributed by atoms with van der Waals surface area (Å²) in [5.41, 5.74) is 1.27. The van der Waals surface area contributed by atoms with Crippen LogP contribution in [0.3, 0.4) is 0 Å². The summed E-state index contributed by atoms with van der Waals surface area (Å²) in [7, 11) is 0. The van der Waals surface area contributed by atoms with E-state index in [1.165, 1.54) is 21.7 Å². The lowest BCUT2D eigenvalue weighted by atomic mass is 10.2. The molecule has 21 heavy (non-hydrogen) atoms. The summed E-state index contributed by atoms with van der Waals surface area (Å²) in [6, 6.07) is 2.61. The average molecular weight is 307 g/mol. The Morgan fingerprint density at radius 2 is 2.24 bits per heavy atom. The van der Waals surface area contributed by atoms with Gasteiger partial charge in [-0.2, -0.15) is 5.10 Å². The topological polar surface area (TPSA) is 39.1 Å². The Balaban J connectivity index is 1.90. The molecule has 2 rings (SSSR count). The Labute approximate surface area is 131 Å². The van der Waals surface area contributed by atoms with Gasteiger partial charge in [0.25, 0.3) is 0 Å². The number of hydrogen-bond acceptors (Lipinski definition) is 4. The maximum Gasteiger partial charge on any atom is 0.157 e. The van der Waals surface area contributed by atoms with E-state index in [1.54, 1.807) is 6.20 Å². The Kier molecular flexibility index (Phi) is 5.82. The van der Waals surface area contributed by atoms with E-state index >= 15 is 0 Å². The van der Waals surface area contributed by atoms with Gasteiger partial charge < -0.3 is 10.1 Å². The Bertz CT molecular complexity index is 560. The minimum Gasteiger partial charge on any atom is -0.486 e. The van der Waals surface area contributed by atoms with Crippen LogP contribution >= 0.6 is 11.3 Å². The van der Waals surface area contributed by atoms with Crippen LogP contribution in [0, 0.1) is 6.92 Å². The van der Waals surface area contributed by atoms with Crippen molar-refractivity contribution in [2.24, 2.45) is 0 Å². The van der Waals surface area contributed by atoms with Gasteiger partial charge in [-0.1, -0.05) is 6.92 Å². The number of aromatic nitrogens is 2. The van der Waals surface area contributed by atoms with Gasteiger partial charge in [0.2, 0.25) is 0 Å². The summed E-state index contributed by atoms with van der Waals surface area (Å²) in [5.74, 6) is 0.833. The molecule has 0 saturated heterocycles. The molecule has 0 saturated carbocycles. The molecule has 4 nitrogen and oxygen atoms in total. The third-order valence-corrected chi connectivity index (χ3v) is 4.39. The van der Waals surface area contributed by atoms with E-state index in [-0.39, 0.29) is 0 Å². The SMILES string of the molecule is CCCNCc1cc(COc2cnn(C(C)C)c2)c(C)s1. The molecule has 0 spiro atoms. The van der Waals surface area contributed by atoms with Crippen LogP contribution in [0.1, 0.15) is 48.6 Å². The minimum atomic E-state index is 0.362. The molecule has 0 radical (unpaired) electrons. The van der Waals surface area contributed by atoms with Crippen molar-refractivity contribution in [3.05, 3.63) is 33.8 Å². The van der Waals surface area contributed by atoms with Crippen LogP contribution in [-0.4, -0.2) is 16.3 Å². The lowest BCUT2D eigenvalue weighted by Crippen LogP contribution is -2.12. The number of ether oxygens (including phenoxy) is 1. The van der Waals surface area contributed by atoms with Crippen molar-refractivity contribution in [2.45, 2.75) is 53.3 Å². The van der Waals surface area contributed by atoms with Crippen molar-refractivity contribution in [1.29, 1.82) is 0 Å². The molecule has 2 heterocycles. The fraction of sp³-hybridized carbons (Fsp3) is 0.562. The Morgan fingerprint density at radius 3 is 2.90 bits per heavy atom. The van der Waals surface area contributed by atoms with Gasteiger partial charge in [-0.3, -0.25) is 4.68 Å². The van der Waals surface area contributed by atoms with E-state index in [9.17, 15) is 0 Å². The highest BCUT2D eigenvalue weighted by molar-refractivity contribution is 7.12. The van der Waals surface area contributed by atoms with Gasteiger partial charge in [-0.05, 0) is 39.8 Å². The summed E-state index contributed by atoms with van der Waals surface area (Å²) >= 11 is 1.85. The number of aryl methyl sites for hydroxylation is 1. The lowest BCUT2D eigenvalue weighted by Gasteiger charge is -2.04. The highest BCUT2D eigenvalue weighted by Gasteiger charge is 2.08. The zero-order chi connectivity index (χ0) is 15.2. The summed E-state index contributed by atoms with van der Waals surface area (Å²) in [5, 5.41) is 7.73. The third kappa shape index (κ3) is 4.58. The monoisotopic (exact) mass is 307 g/mol. The molecule has 0 aliphatic rings.